The number of hydrogen-bond acceptors (Lipinski definition) is 4. The molecule has 0 aliphatic carbocycles. The third kappa shape index (κ3) is 7.71. The fourth-order valence-corrected chi connectivity index (χ4v) is 3.10. The Morgan fingerprint density at radius 2 is 1.65 bits per heavy atom. The molecule has 2 N–H and O–H groups in total. The summed E-state index contributed by atoms with van der Waals surface area (Å²) in [5, 5.41) is 6.74. The maximum atomic E-state index is 12.0. The van der Waals surface area contributed by atoms with Crippen molar-refractivity contribution in [3.63, 3.8) is 0 Å². The summed E-state index contributed by atoms with van der Waals surface area (Å²) in [6, 6.07) is 24.6. The molecule has 0 saturated carbocycles. The second kappa shape index (κ2) is 11.7. The molecule has 0 fully saturated rings. The highest BCUT2D eigenvalue weighted by Crippen LogP contribution is 2.18. The van der Waals surface area contributed by atoms with E-state index < -0.39 is 0 Å². The van der Waals surface area contributed by atoms with Gasteiger partial charge in [0.25, 0.3) is 0 Å². The molecular formula is C24H22BrN3O3. The maximum Gasteiger partial charge on any atom is 0.240 e. The van der Waals surface area contributed by atoms with Gasteiger partial charge in [0.2, 0.25) is 11.8 Å². The lowest BCUT2D eigenvalue weighted by molar-refractivity contribution is -0.124. The lowest BCUT2D eigenvalue weighted by atomic mass is 10.2. The number of halogens is 1. The van der Waals surface area contributed by atoms with Crippen molar-refractivity contribution >= 4 is 39.6 Å². The number of benzene rings is 3. The van der Waals surface area contributed by atoms with Gasteiger partial charge >= 0.3 is 0 Å². The van der Waals surface area contributed by atoms with Crippen molar-refractivity contribution in [1.82, 2.24) is 5.43 Å². The smallest absolute Gasteiger partial charge is 0.240 e. The molecule has 2 amide bonds. The summed E-state index contributed by atoms with van der Waals surface area (Å²) in [6.45, 7) is 0.436. The molecule has 0 spiro atoms. The van der Waals surface area contributed by atoms with E-state index in [9.17, 15) is 9.59 Å². The van der Waals surface area contributed by atoms with E-state index >= 15 is 0 Å². The Labute approximate surface area is 189 Å². The molecule has 3 aromatic carbocycles. The van der Waals surface area contributed by atoms with Crippen LogP contribution in [0.4, 0.5) is 5.69 Å². The SMILES string of the molecule is O=C(CCC(=O)Nc1cccc(Br)c1)N/N=C/c1ccccc1OCc1ccccc1. The second-order valence-corrected chi connectivity index (χ2v) is 7.58. The Kier molecular flexibility index (Phi) is 8.37. The summed E-state index contributed by atoms with van der Waals surface area (Å²) >= 11 is 3.35. The first-order valence-corrected chi connectivity index (χ1v) is 10.5. The zero-order valence-electron chi connectivity index (χ0n) is 16.8. The molecule has 0 bridgehead atoms. The van der Waals surface area contributed by atoms with Crippen LogP contribution < -0.4 is 15.5 Å². The molecule has 0 aliphatic rings. The van der Waals surface area contributed by atoms with Crippen molar-refractivity contribution in [2.24, 2.45) is 5.10 Å². The van der Waals surface area contributed by atoms with E-state index in [0.29, 0.717) is 18.0 Å². The van der Waals surface area contributed by atoms with E-state index in [4.69, 9.17) is 4.74 Å². The van der Waals surface area contributed by atoms with Crippen molar-refractivity contribution in [1.29, 1.82) is 0 Å². The van der Waals surface area contributed by atoms with E-state index in [2.05, 4.69) is 31.8 Å². The second-order valence-electron chi connectivity index (χ2n) is 6.66. The first kappa shape index (κ1) is 22.2. The molecule has 3 rings (SSSR count). The number of rotatable bonds is 9. The predicted octanol–water partition coefficient (Wildman–Crippen LogP) is 4.90. The Morgan fingerprint density at radius 3 is 2.45 bits per heavy atom. The van der Waals surface area contributed by atoms with Crippen LogP contribution in [-0.2, 0) is 16.2 Å². The Bertz CT molecular complexity index is 1050. The fourth-order valence-electron chi connectivity index (χ4n) is 2.70. The number of nitrogens with zero attached hydrogens (tertiary/aromatic N) is 1. The highest BCUT2D eigenvalue weighted by atomic mass is 79.9. The Balaban J connectivity index is 1.45. The minimum absolute atomic E-state index is 0.0311. The third-order valence-corrected chi connectivity index (χ3v) is 4.73. The third-order valence-electron chi connectivity index (χ3n) is 4.24. The van der Waals surface area contributed by atoms with E-state index in [1.807, 2.05) is 66.7 Å². The van der Waals surface area contributed by atoms with Crippen molar-refractivity contribution in [3.8, 4) is 5.75 Å². The van der Waals surface area contributed by atoms with Crippen LogP contribution in [0.5, 0.6) is 5.75 Å². The number of amides is 2. The maximum absolute atomic E-state index is 12.0. The van der Waals surface area contributed by atoms with Gasteiger partial charge in [-0.1, -0.05) is 64.5 Å². The molecule has 158 valence electrons. The van der Waals surface area contributed by atoms with Crippen molar-refractivity contribution < 1.29 is 14.3 Å². The minimum Gasteiger partial charge on any atom is -0.488 e. The van der Waals surface area contributed by atoms with Gasteiger partial charge in [-0.2, -0.15) is 5.10 Å². The molecular weight excluding hydrogens is 458 g/mol. The normalized spacial score (nSPS) is 10.6. The Hall–Kier alpha value is -3.45. The zero-order chi connectivity index (χ0) is 21.9. The van der Waals surface area contributed by atoms with Gasteiger partial charge in [0.15, 0.2) is 0 Å². The van der Waals surface area contributed by atoms with E-state index in [1.165, 1.54) is 6.21 Å². The summed E-state index contributed by atoms with van der Waals surface area (Å²) in [6.07, 6.45) is 1.62. The van der Waals surface area contributed by atoms with Crippen LogP contribution in [0.25, 0.3) is 0 Å². The van der Waals surface area contributed by atoms with Gasteiger partial charge in [-0.05, 0) is 35.9 Å². The first-order chi connectivity index (χ1) is 15.1. The van der Waals surface area contributed by atoms with E-state index in [-0.39, 0.29) is 24.7 Å². The van der Waals surface area contributed by atoms with Gasteiger partial charge in [0, 0.05) is 28.6 Å². The number of hydrogen-bond donors (Lipinski definition) is 2. The lowest BCUT2D eigenvalue weighted by Gasteiger charge is -2.09. The molecule has 0 saturated heterocycles. The molecule has 0 atom stereocenters. The molecule has 0 radical (unpaired) electrons. The largest absolute Gasteiger partial charge is 0.488 e. The molecule has 6 nitrogen and oxygen atoms in total. The van der Waals surface area contributed by atoms with Gasteiger partial charge < -0.3 is 10.1 Å². The quantitative estimate of drug-likeness (QED) is 0.338. The Morgan fingerprint density at radius 1 is 0.903 bits per heavy atom. The number of carbonyl (C=O) groups excluding carboxylic acids is 2. The van der Waals surface area contributed by atoms with Gasteiger partial charge in [-0.3, -0.25) is 9.59 Å². The van der Waals surface area contributed by atoms with Crippen molar-refractivity contribution in [3.05, 3.63) is 94.5 Å². The number of para-hydroxylation sites is 1. The molecule has 0 aromatic heterocycles. The van der Waals surface area contributed by atoms with Gasteiger partial charge in [0.1, 0.15) is 12.4 Å². The number of nitrogens with one attached hydrogen (secondary N) is 2. The zero-order valence-corrected chi connectivity index (χ0v) is 18.3. The number of anilines is 1. The summed E-state index contributed by atoms with van der Waals surface area (Å²) in [5.74, 6) is 0.0815. The average molecular weight is 480 g/mol. The highest BCUT2D eigenvalue weighted by Gasteiger charge is 2.07. The number of carbonyl (C=O) groups is 2. The topological polar surface area (TPSA) is 79.8 Å². The van der Waals surface area contributed by atoms with Crippen molar-refractivity contribution in [2.75, 3.05) is 5.32 Å². The van der Waals surface area contributed by atoms with Crippen molar-refractivity contribution in [2.45, 2.75) is 19.4 Å². The van der Waals surface area contributed by atoms with Crippen LogP contribution in [0.3, 0.4) is 0 Å². The molecule has 31 heavy (non-hydrogen) atoms. The van der Waals surface area contributed by atoms with Crippen LogP contribution >= 0.6 is 15.9 Å². The van der Waals surface area contributed by atoms with Gasteiger partial charge in [0.05, 0.1) is 6.21 Å². The number of ether oxygens (including phenoxy) is 1. The van der Waals surface area contributed by atoms with E-state index in [0.717, 1.165) is 15.6 Å². The van der Waals surface area contributed by atoms with Crippen LogP contribution in [0.1, 0.15) is 24.0 Å². The van der Waals surface area contributed by atoms with Gasteiger partial charge in [-0.25, -0.2) is 5.43 Å². The standard InChI is InChI=1S/C24H22BrN3O3/c25-20-10-6-11-21(15-20)27-23(29)13-14-24(30)28-26-16-19-9-4-5-12-22(19)31-17-18-7-2-1-3-8-18/h1-12,15-16H,13-14,17H2,(H,27,29)(H,28,30)/b26-16+. The highest BCUT2D eigenvalue weighted by molar-refractivity contribution is 9.10. The summed E-state index contributed by atoms with van der Waals surface area (Å²) in [5.41, 5.74) is 4.92. The molecule has 3 aromatic rings. The molecule has 7 heteroatoms. The molecule has 0 unspecified atom stereocenters. The summed E-state index contributed by atoms with van der Waals surface area (Å²) in [4.78, 5) is 24.0. The lowest BCUT2D eigenvalue weighted by Crippen LogP contribution is -2.20. The summed E-state index contributed by atoms with van der Waals surface area (Å²) < 4.78 is 6.73. The van der Waals surface area contributed by atoms with Crippen LogP contribution in [-0.4, -0.2) is 18.0 Å². The fraction of sp³-hybridized carbons (Fsp3) is 0.125. The van der Waals surface area contributed by atoms with Crippen LogP contribution in [0.15, 0.2) is 88.4 Å². The van der Waals surface area contributed by atoms with Gasteiger partial charge in [-0.15, -0.1) is 0 Å². The average Bonchev–Trinajstić information content (AvgIpc) is 2.78. The molecule has 0 aliphatic heterocycles. The predicted molar refractivity (Wildman–Crippen MR) is 125 cm³/mol. The first-order valence-electron chi connectivity index (χ1n) is 9.73. The number of hydrazone groups is 1. The van der Waals surface area contributed by atoms with Crippen LogP contribution in [0.2, 0.25) is 0 Å². The molecule has 0 heterocycles. The summed E-state index contributed by atoms with van der Waals surface area (Å²) in [7, 11) is 0. The van der Waals surface area contributed by atoms with E-state index in [1.54, 1.807) is 12.1 Å². The monoisotopic (exact) mass is 479 g/mol. The minimum atomic E-state index is -0.344. The van der Waals surface area contributed by atoms with Crippen LogP contribution in [0, 0.1) is 0 Å².